The monoisotopic (exact) mass is 345 g/mol. The van der Waals surface area contributed by atoms with Crippen molar-refractivity contribution in [2.75, 3.05) is 13.1 Å². The maximum Gasteiger partial charge on any atom is 0.318 e. The summed E-state index contributed by atoms with van der Waals surface area (Å²) in [5, 5.41) is 5.63. The Hall–Kier alpha value is -2.37. The summed E-state index contributed by atoms with van der Waals surface area (Å²) in [6.07, 6.45) is 1.25. The molecule has 3 amide bonds. The minimum atomic E-state index is -0.594. The Morgan fingerprint density at radius 1 is 1.24 bits per heavy atom. The lowest BCUT2D eigenvalue weighted by molar-refractivity contribution is -0.131. The number of benzene rings is 1. The van der Waals surface area contributed by atoms with E-state index >= 15 is 0 Å². The number of carbonyl (C=O) groups excluding carboxylic acids is 3. The largest absolute Gasteiger partial charge is 0.344 e. The summed E-state index contributed by atoms with van der Waals surface area (Å²) in [4.78, 5) is 38.6. The van der Waals surface area contributed by atoms with Crippen LogP contribution in [0.25, 0.3) is 0 Å². The second kappa shape index (κ2) is 8.65. The van der Waals surface area contributed by atoms with E-state index in [1.54, 1.807) is 4.90 Å². The highest BCUT2D eigenvalue weighted by Crippen LogP contribution is 2.15. The topological polar surface area (TPSA) is 78.5 Å². The van der Waals surface area contributed by atoms with E-state index in [-0.39, 0.29) is 23.6 Å². The highest BCUT2D eigenvalue weighted by molar-refractivity contribution is 5.92. The van der Waals surface area contributed by atoms with Crippen LogP contribution in [0.3, 0.4) is 0 Å². The fourth-order valence-electron chi connectivity index (χ4n) is 3.12. The van der Waals surface area contributed by atoms with Crippen molar-refractivity contribution in [3.63, 3.8) is 0 Å². The van der Waals surface area contributed by atoms with Gasteiger partial charge < -0.3 is 15.5 Å². The summed E-state index contributed by atoms with van der Waals surface area (Å²) in [6.45, 7) is 6.47. The molecule has 0 bridgehead atoms. The molecule has 0 aromatic heterocycles. The number of urea groups is 1. The number of rotatable bonds is 7. The molecule has 1 aliphatic heterocycles. The van der Waals surface area contributed by atoms with Crippen molar-refractivity contribution in [3.05, 3.63) is 35.9 Å². The molecule has 6 heteroatoms. The van der Waals surface area contributed by atoms with Gasteiger partial charge in [0.2, 0.25) is 5.91 Å². The third kappa shape index (κ3) is 5.05. The van der Waals surface area contributed by atoms with Gasteiger partial charge in [0, 0.05) is 13.1 Å². The zero-order valence-corrected chi connectivity index (χ0v) is 15.1. The van der Waals surface area contributed by atoms with Crippen molar-refractivity contribution in [1.82, 2.24) is 15.5 Å². The first-order chi connectivity index (χ1) is 11.9. The molecule has 2 N–H and O–H groups in total. The Balaban J connectivity index is 2.11. The van der Waals surface area contributed by atoms with E-state index in [1.807, 2.05) is 44.2 Å². The fraction of sp³-hybridized carbons (Fsp3) is 0.526. The number of carbonyl (C=O) groups is 3. The molecule has 1 aromatic rings. The maximum atomic E-state index is 12.8. The SMILES string of the molecule is CC(=O)[C@H](Cc1ccccc1)NC(=O)[C@H](C(C)C)N1CCCNC1=O. The van der Waals surface area contributed by atoms with Crippen LogP contribution in [-0.4, -0.2) is 47.8 Å². The van der Waals surface area contributed by atoms with Gasteiger partial charge in [-0.25, -0.2) is 4.79 Å². The molecule has 0 radical (unpaired) electrons. The van der Waals surface area contributed by atoms with E-state index in [4.69, 9.17) is 0 Å². The second-order valence-corrected chi connectivity index (χ2v) is 6.83. The predicted molar refractivity (Wildman–Crippen MR) is 96.1 cm³/mol. The van der Waals surface area contributed by atoms with Gasteiger partial charge in [0.15, 0.2) is 5.78 Å². The Morgan fingerprint density at radius 3 is 2.48 bits per heavy atom. The van der Waals surface area contributed by atoms with E-state index < -0.39 is 12.1 Å². The number of Topliss-reactive ketones (excluding diaryl/α,β-unsaturated/α-hetero) is 1. The van der Waals surface area contributed by atoms with Crippen molar-refractivity contribution >= 4 is 17.7 Å². The smallest absolute Gasteiger partial charge is 0.318 e. The minimum Gasteiger partial charge on any atom is -0.344 e. The lowest BCUT2D eigenvalue weighted by Gasteiger charge is -2.36. The molecule has 6 nitrogen and oxygen atoms in total. The first-order valence-electron chi connectivity index (χ1n) is 8.79. The number of amides is 3. The van der Waals surface area contributed by atoms with Crippen LogP contribution in [0.2, 0.25) is 0 Å². The van der Waals surface area contributed by atoms with Gasteiger partial charge in [-0.1, -0.05) is 44.2 Å². The maximum absolute atomic E-state index is 12.8. The van der Waals surface area contributed by atoms with Gasteiger partial charge in [0.05, 0.1) is 6.04 Å². The average Bonchev–Trinajstić information content (AvgIpc) is 2.57. The summed E-state index contributed by atoms with van der Waals surface area (Å²) in [6, 6.07) is 8.19. The number of nitrogens with one attached hydrogen (secondary N) is 2. The van der Waals surface area contributed by atoms with E-state index in [1.165, 1.54) is 6.92 Å². The summed E-state index contributed by atoms with van der Waals surface area (Å²) in [7, 11) is 0. The van der Waals surface area contributed by atoms with Crippen LogP contribution in [0.4, 0.5) is 4.79 Å². The normalized spacial score (nSPS) is 17.0. The standard InChI is InChI=1S/C19H27N3O3/c1-13(2)17(22-11-7-10-20-19(22)25)18(24)21-16(14(3)23)12-15-8-5-4-6-9-15/h4-6,8-9,13,16-17H,7,10-12H2,1-3H3,(H,20,25)(H,21,24)/t16-,17-/m0/s1. The number of hydrogen-bond donors (Lipinski definition) is 2. The van der Waals surface area contributed by atoms with Crippen LogP contribution in [0.15, 0.2) is 30.3 Å². The molecule has 1 heterocycles. The first-order valence-corrected chi connectivity index (χ1v) is 8.79. The zero-order chi connectivity index (χ0) is 18.4. The molecule has 0 spiro atoms. The van der Waals surface area contributed by atoms with Gasteiger partial charge >= 0.3 is 6.03 Å². The van der Waals surface area contributed by atoms with Crippen molar-refractivity contribution in [1.29, 1.82) is 0 Å². The molecular formula is C19H27N3O3. The van der Waals surface area contributed by atoms with Crippen LogP contribution < -0.4 is 10.6 Å². The number of ketones is 1. The average molecular weight is 345 g/mol. The number of nitrogens with zero attached hydrogens (tertiary/aromatic N) is 1. The molecule has 1 aromatic carbocycles. The Bertz CT molecular complexity index is 616. The summed E-state index contributed by atoms with van der Waals surface area (Å²) < 4.78 is 0. The first kappa shape index (κ1) is 19.0. The summed E-state index contributed by atoms with van der Waals surface area (Å²) >= 11 is 0. The molecule has 2 rings (SSSR count). The summed E-state index contributed by atoms with van der Waals surface area (Å²) in [5.41, 5.74) is 0.986. The molecule has 136 valence electrons. The van der Waals surface area contributed by atoms with E-state index in [0.717, 1.165) is 12.0 Å². The van der Waals surface area contributed by atoms with Crippen molar-refractivity contribution in [2.24, 2.45) is 5.92 Å². The van der Waals surface area contributed by atoms with Crippen LogP contribution in [-0.2, 0) is 16.0 Å². The Morgan fingerprint density at radius 2 is 1.92 bits per heavy atom. The minimum absolute atomic E-state index is 0.0480. The lowest BCUT2D eigenvalue weighted by atomic mass is 9.98. The molecule has 0 aliphatic carbocycles. The van der Waals surface area contributed by atoms with Crippen molar-refractivity contribution in [2.45, 2.75) is 45.7 Å². The molecule has 0 saturated carbocycles. The van der Waals surface area contributed by atoms with Crippen LogP contribution in [0.5, 0.6) is 0 Å². The molecular weight excluding hydrogens is 318 g/mol. The fourth-order valence-corrected chi connectivity index (χ4v) is 3.12. The van der Waals surface area contributed by atoms with Gasteiger partial charge in [-0.05, 0) is 31.2 Å². The van der Waals surface area contributed by atoms with Crippen molar-refractivity contribution in [3.8, 4) is 0 Å². The highest BCUT2D eigenvalue weighted by atomic mass is 16.2. The van der Waals surface area contributed by atoms with Gasteiger partial charge in [-0.15, -0.1) is 0 Å². The third-order valence-corrected chi connectivity index (χ3v) is 4.44. The van der Waals surface area contributed by atoms with Gasteiger partial charge in [0.1, 0.15) is 6.04 Å². The Kier molecular flexibility index (Phi) is 6.56. The lowest BCUT2D eigenvalue weighted by Crippen LogP contribution is -2.59. The molecule has 0 unspecified atom stereocenters. The van der Waals surface area contributed by atoms with Crippen LogP contribution in [0, 0.1) is 5.92 Å². The Labute approximate surface area is 149 Å². The van der Waals surface area contributed by atoms with E-state index in [0.29, 0.717) is 19.5 Å². The van der Waals surface area contributed by atoms with Crippen LogP contribution in [0.1, 0.15) is 32.8 Å². The second-order valence-electron chi connectivity index (χ2n) is 6.83. The molecule has 2 atom stereocenters. The quantitative estimate of drug-likeness (QED) is 0.790. The van der Waals surface area contributed by atoms with E-state index in [9.17, 15) is 14.4 Å². The highest BCUT2D eigenvalue weighted by Gasteiger charge is 2.35. The van der Waals surface area contributed by atoms with E-state index in [2.05, 4.69) is 10.6 Å². The molecule has 25 heavy (non-hydrogen) atoms. The molecule has 1 aliphatic rings. The predicted octanol–water partition coefficient (Wildman–Crippen LogP) is 1.74. The van der Waals surface area contributed by atoms with Gasteiger partial charge in [-0.3, -0.25) is 9.59 Å². The molecule has 1 fully saturated rings. The van der Waals surface area contributed by atoms with Crippen molar-refractivity contribution < 1.29 is 14.4 Å². The summed E-state index contributed by atoms with van der Waals surface area (Å²) in [5.74, 6) is -0.417. The van der Waals surface area contributed by atoms with Gasteiger partial charge in [-0.2, -0.15) is 0 Å². The zero-order valence-electron chi connectivity index (χ0n) is 15.1. The van der Waals surface area contributed by atoms with Crippen LogP contribution >= 0.6 is 0 Å². The van der Waals surface area contributed by atoms with Gasteiger partial charge in [0.25, 0.3) is 0 Å². The molecule has 1 saturated heterocycles. The third-order valence-electron chi connectivity index (χ3n) is 4.44. The number of hydrogen-bond acceptors (Lipinski definition) is 3.